The summed E-state index contributed by atoms with van der Waals surface area (Å²) in [6.07, 6.45) is 8.78. The Morgan fingerprint density at radius 3 is 1.18 bits per heavy atom. The smallest absolute Gasteiger partial charge is 1.00 e. The summed E-state index contributed by atoms with van der Waals surface area (Å²) in [5.74, 6) is 0. The average Bonchev–Trinajstić information content (AvgIpc) is 2.69. The molecule has 0 bridgehead atoms. The molecule has 0 aromatic heterocycles. The number of halogens is 4. The normalized spacial score (nSPS) is 11.0. The molecule has 1 aliphatic rings. The molecule has 3 nitrogen and oxygen atoms in total. The van der Waals surface area contributed by atoms with Gasteiger partial charge >= 0.3 is 19.5 Å². The van der Waals surface area contributed by atoms with Crippen molar-refractivity contribution >= 4 is 22.7 Å². The standard InChI is InChI=1S/C25H30N3.4ClH.Zn/c1-26(2)22-13-7-19(8-14-22)25(20-9-15-23(16-10-20)27(3)4)21-11-17-24(18-12-21)28(5)6;;;;;/h7-18H,1-6H3;4*1H;/q+1;;;;;+2/p-4. The van der Waals surface area contributed by atoms with Gasteiger partial charge in [0.2, 0.25) is 0 Å². The van der Waals surface area contributed by atoms with Crippen molar-refractivity contribution in [2.45, 2.75) is 0 Å². The molecule has 0 spiro atoms. The van der Waals surface area contributed by atoms with Gasteiger partial charge in [-0.05, 0) is 58.7 Å². The Morgan fingerprint density at radius 2 is 0.909 bits per heavy atom. The van der Waals surface area contributed by atoms with Crippen LogP contribution in [0.5, 0.6) is 0 Å². The molecular weight excluding hydrogens is 549 g/mol. The summed E-state index contributed by atoms with van der Waals surface area (Å²) in [6.45, 7) is 0. The maximum Gasteiger partial charge on any atom is 2.00 e. The fourth-order valence-electron chi connectivity index (χ4n) is 3.28. The zero-order chi connectivity index (χ0) is 20.3. The van der Waals surface area contributed by atoms with Crippen molar-refractivity contribution in [3.8, 4) is 0 Å². The van der Waals surface area contributed by atoms with Gasteiger partial charge in [0.15, 0.2) is 5.71 Å². The molecule has 0 radical (unpaired) electrons. The van der Waals surface area contributed by atoms with Crippen molar-refractivity contribution in [3.63, 3.8) is 0 Å². The molecule has 176 valence electrons. The van der Waals surface area contributed by atoms with E-state index in [0.717, 1.165) is 0 Å². The summed E-state index contributed by atoms with van der Waals surface area (Å²) in [5.41, 5.74) is 8.53. The Kier molecular flexibility index (Phi) is 18.0. The molecule has 2 aromatic carbocycles. The third-order valence-electron chi connectivity index (χ3n) is 5.02. The van der Waals surface area contributed by atoms with Crippen molar-refractivity contribution in [2.75, 3.05) is 52.1 Å². The molecule has 0 saturated carbocycles. The molecule has 0 amide bonds. The van der Waals surface area contributed by atoms with E-state index in [2.05, 4.69) is 129 Å². The van der Waals surface area contributed by atoms with E-state index in [-0.39, 0.29) is 69.1 Å². The van der Waals surface area contributed by atoms with Crippen molar-refractivity contribution in [3.05, 3.63) is 89.5 Å². The predicted molar refractivity (Wildman–Crippen MR) is 123 cm³/mol. The van der Waals surface area contributed by atoms with Crippen LogP contribution in [0.15, 0.2) is 78.4 Å². The molecule has 0 atom stereocenters. The van der Waals surface area contributed by atoms with E-state index in [1.54, 1.807) is 0 Å². The first-order chi connectivity index (χ1) is 13.4. The van der Waals surface area contributed by atoms with Crippen LogP contribution in [0, 0.1) is 0 Å². The van der Waals surface area contributed by atoms with Gasteiger partial charge in [0.05, 0.1) is 0 Å². The molecule has 0 unspecified atom stereocenters. The Bertz CT molecular complexity index is 902. The second kappa shape index (κ2) is 16.4. The molecule has 0 saturated heterocycles. The zero-order valence-electron chi connectivity index (χ0n) is 20.0. The van der Waals surface area contributed by atoms with Crippen LogP contribution in [0.4, 0.5) is 11.4 Å². The Hall–Kier alpha value is -1.29. The fourth-order valence-corrected chi connectivity index (χ4v) is 3.28. The first-order valence-corrected chi connectivity index (χ1v) is 9.57. The Labute approximate surface area is 236 Å². The summed E-state index contributed by atoms with van der Waals surface area (Å²) in [7, 11) is 12.4. The average molecular weight is 580 g/mol. The first kappa shape index (κ1) is 36.3. The van der Waals surface area contributed by atoms with Gasteiger partial charge in [0, 0.05) is 51.7 Å². The van der Waals surface area contributed by atoms with Crippen molar-refractivity contribution in [1.29, 1.82) is 0 Å². The molecule has 33 heavy (non-hydrogen) atoms. The molecule has 2 aromatic rings. The molecule has 0 heterocycles. The minimum Gasteiger partial charge on any atom is -1.00 e. The third-order valence-corrected chi connectivity index (χ3v) is 5.02. The van der Waals surface area contributed by atoms with Crippen LogP contribution < -0.4 is 59.4 Å². The minimum atomic E-state index is 0. The van der Waals surface area contributed by atoms with E-state index in [1.807, 2.05) is 0 Å². The van der Waals surface area contributed by atoms with Gasteiger partial charge in [0.25, 0.3) is 0 Å². The molecule has 0 N–H and O–H groups in total. The zero-order valence-corrected chi connectivity index (χ0v) is 26.0. The number of anilines is 2. The topological polar surface area (TPSA) is 9.49 Å². The number of allylic oxidation sites excluding steroid dienone is 5. The van der Waals surface area contributed by atoms with Crippen molar-refractivity contribution in [2.24, 2.45) is 0 Å². The number of hydrogen-bond donors (Lipinski definition) is 0. The quantitative estimate of drug-likeness (QED) is 0.263. The number of rotatable bonds is 4. The van der Waals surface area contributed by atoms with E-state index in [4.69, 9.17) is 0 Å². The van der Waals surface area contributed by atoms with E-state index in [9.17, 15) is 0 Å². The summed E-state index contributed by atoms with van der Waals surface area (Å²) in [4.78, 5) is 4.25. The van der Waals surface area contributed by atoms with Crippen molar-refractivity contribution in [1.82, 2.24) is 0 Å². The summed E-state index contributed by atoms with van der Waals surface area (Å²) >= 11 is 0. The Morgan fingerprint density at radius 1 is 0.576 bits per heavy atom. The van der Waals surface area contributed by atoms with Crippen molar-refractivity contribution < 1.29 is 73.7 Å². The van der Waals surface area contributed by atoms with Gasteiger partial charge in [-0.15, -0.1) is 0 Å². The van der Waals surface area contributed by atoms with Gasteiger partial charge < -0.3 is 59.4 Å². The van der Waals surface area contributed by atoms with Crippen LogP contribution >= 0.6 is 0 Å². The van der Waals surface area contributed by atoms with Gasteiger partial charge in [0.1, 0.15) is 14.1 Å². The van der Waals surface area contributed by atoms with Crippen LogP contribution in [0.25, 0.3) is 5.57 Å². The SMILES string of the molecule is CN(C)c1ccc(C(=C2C=CC(=[N+](C)C)C=C2)c2ccc(N(C)C)cc2)cc1.[Cl-].[Cl-].[Cl-].[Cl-].[Zn+2]. The van der Waals surface area contributed by atoms with Crippen LogP contribution in [0.3, 0.4) is 0 Å². The molecule has 3 rings (SSSR count). The monoisotopic (exact) mass is 576 g/mol. The van der Waals surface area contributed by atoms with E-state index >= 15 is 0 Å². The molecule has 0 fully saturated rings. The first-order valence-electron chi connectivity index (χ1n) is 9.57. The van der Waals surface area contributed by atoms with Gasteiger partial charge in [-0.3, -0.25) is 0 Å². The second-order valence-corrected chi connectivity index (χ2v) is 7.70. The van der Waals surface area contributed by atoms with Crippen LogP contribution in [-0.4, -0.2) is 52.6 Å². The maximum absolute atomic E-state index is 2.21. The molecule has 8 heteroatoms. The predicted octanol–water partition coefficient (Wildman–Crippen LogP) is -7.53. The molecular formula is C25H30Cl4N3Zn-. The van der Waals surface area contributed by atoms with Crippen LogP contribution in [0.2, 0.25) is 0 Å². The number of benzene rings is 2. The second-order valence-electron chi connectivity index (χ2n) is 7.70. The van der Waals surface area contributed by atoms with E-state index in [0.29, 0.717) is 0 Å². The summed E-state index contributed by atoms with van der Waals surface area (Å²) < 4.78 is 2.13. The molecule has 1 aliphatic carbocycles. The van der Waals surface area contributed by atoms with Crippen LogP contribution in [-0.2, 0) is 19.5 Å². The minimum absolute atomic E-state index is 0. The largest absolute Gasteiger partial charge is 2.00 e. The van der Waals surface area contributed by atoms with Gasteiger partial charge in [-0.2, -0.15) is 0 Å². The summed E-state index contributed by atoms with van der Waals surface area (Å²) in [5, 5.41) is 0. The van der Waals surface area contributed by atoms with Crippen LogP contribution in [0.1, 0.15) is 11.1 Å². The molecule has 0 aliphatic heterocycles. The van der Waals surface area contributed by atoms with Gasteiger partial charge in [-0.1, -0.05) is 24.3 Å². The van der Waals surface area contributed by atoms with E-state index < -0.39 is 0 Å². The fraction of sp³-hybridized carbons (Fsp3) is 0.240. The number of hydrogen-bond acceptors (Lipinski definition) is 2. The Balaban J connectivity index is -0.00000180. The number of nitrogens with zero attached hydrogens (tertiary/aromatic N) is 3. The third kappa shape index (κ3) is 9.11. The maximum atomic E-state index is 2.21. The summed E-state index contributed by atoms with van der Waals surface area (Å²) in [6, 6.07) is 17.6. The van der Waals surface area contributed by atoms with Gasteiger partial charge in [-0.25, -0.2) is 4.58 Å². The van der Waals surface area contributed by atoms with E-state index in [1.165, 1.54) is 39.4 Å².